The third-order valence-electron chi connectivity index (χ3n) is 3.04. The molecule has 0 saturated heterocycles. The number of ether oxygens (including phenoxy) is 1. The summed E-state index contributed by atoms with van der Waals surface area (Å²) in [6.07, 6.45) is 8.54. The van der Waals surface area contributed by atoms with E-state index < -0.39 is 17.6 Å². The molecule has 0 aromatic carbocycles. The molecule has 25 heavy (non-hydrogen) atoms. The third-order valence-corrected chi connectivity index (χ3v) is 3.04. The molecule has 7 heteroatoms. The van der Waals surface area contributed by atoms with Crippen molar-refractivity contribution in [3.8, 4) is 17.3 Å². The van der Waals surface area contributed by atoms with Crippen LogP contribution in [0.25, 0.3) is 17.2 Å². The van der Waals surface area contributed by atoms with Crippen molar-refractivity contribution >= 4 is 18.1 Å². The van der Waals surface area contributed by atoms with Crippen LogP contribution in [0, 0.1) is 11.5 Å². The first-order valence-electron chi connectivity index (χ1n) is 7.53. The Morgan fingerprint density at radius 2 is 1.96 bits per heavy atom. The molecule has 0 fully saturated rings. The number of carbonyl (C=O) groups excluding carboxylic acids is 2. The first kappa shape index (κ1) is 17.9. The molecule has 0 aliphatic heterocycles. The highest BCUT2D eigenvalue weighted by Crippen LogP contribution is 2.23. The topological polar surface area (TPSA) is 97.0 Å². The minimum Gasteiger partial charge on any atom is -0.443 e. The maximum absolute atomic E-state index is 12.4. The van der Waals surface area contributed by atoms with Gasteiger partial charge >= 0.3 is 6.09 Å². The summed E-state index contributed by atoms with van der Waals surface area (Å²) in [5.41, 5.74) is 1.44. The van der Waals surface area contributed by atoms with Gasteiger partial charge in [0.15, 0.2) is 6.19 Å². The van der Waals surface area contributed by atoms with Gasteiger partial charge in [-0.1, -0.05) is 0 Å². The summed E-state index contributed by atoms with van der Waals surface area (Å²) in [5.74, 6) is -0.579. The number of nitriles is 1. The first-order chi connectivity index (χ1) is 11.8. The van der Waals surface area contributed by atoms with E-state index in [-0.39, 0.29) is 0 Å². The average molecular weight is 338 g/mol. The van der Waals surface area contributed by atoms with Crippen LogP contribution in [0.3, 0.4) is 0 Å². The molecule has 0 aliphatic rings. The van der Waals surface area contributed by atoms with Gasteiger partial charge in [0, 0.05) is 30.2 Å². The Morgan fingerprint density at radius 1 is 1.28 bits per heavy atom. The van der Waals surface area contributed by atoms with E-state index in [2.05, 4.69) is 4.98 Å². The molecule has 0 atom stereocenters. The Hall–Kier alpha value is -3.40. The van der Waals surface area contributed by atoms with Crippen molar-refractivity contribution in [2.45, 2.75) is 26.4 Å². The molecule has 0 spiro atoms. The van der Waals surface area contributed by atoms with Crippen LogP contribution in [-0.2, 0) is 9.53 Å². The van der Waals surface area contributed by atoms with Crippen LogP contribution in [0.15, 0.2) is 42.9 Å². The molecule has 1 amide bonds. The van der Waals surface area contributed by atoms with Crippen LogP contribution in [0.2, 0.25) is 0 Å². The second-order valence-electron chi connectivity index (χ2n) is 6.17. The van der Waals surface area contributed by atoms with Crippen molar-refractivity contribution in [3.63, 3.8) is 0 Å². The molecule has 0 saturated carbocycles. The molecule has 2 rings (SSSR count). The molecule has 1 N–H and O–H groups in total. The molecule has 2 heterocycles. The van der Waals surface area contributed by atoms with Gasteiger partial charge in [0.1, 0.15) is 5.60 Å². The highest BCUT2D eigenvalue weighted by molar-refractivity contribution is 5.93. The predicted octanol–water partition coefficient (Wildman–Crippen LogP) is 2.94. The number of nitrogens with one attached hydrogen (secondary N) is 1. The molecule has 2 aromatic heterocycles. The van der Waals surface area contributed by atoms with Crippen LogP contribution in [0.5, 0.6) is 0 Å². The van der Waals surface area contributed by atoms with E-state index in [1.165, 1.54) is 16.7 Å². The van der Waals surface area contributed by atoms with E-state index >= 15 is 0 Å². The second kappa shape index (κ2) is 7.45. The molecule has 0 aliphatic carbocycles. The van der Waals surface area contributed by atoms with Gasteiger partial charge in [-0.15, -0.1) is 0 Å². The Kier molecular flexibility index (Phi) is 5.35. The van der Waals surface area contributed by atoms with Crippen LogP contribution in [0.1, 0.15) is 26.5 Å². The quantitative estimate of drug-likeness (QED) is 0.527. The van der Waals surface area contributed by atoms with Gasteiger partial charge in [-0.3, -0.25) is 19.7 Å². The predicted molar refractivity (Wildman–Crippen MR) is 92.1 cm³/mol. The summed E-state index contributed by atoms with van der Waals surface area (Å²) in [6.45, 7) is 5.32. The van der Waals surface area contributed by atoms with Crippen LogP contribution in [0.4, 0.5) is 4.79 Å². The number of pyridine rings is 1. The highest BCUT2D eigenvalue weighted by atomic mass is 16.6. The van der Waals surface area contributed by atoms with E-state index in [0.717, 1.165) is 11.1 Å². The molecule has 2 aromatic rings. The molecular weight excluding hydrogens is 320 g/mol. The van der Waals surface area contributed by atoms with Crippen LogP contribution < -0.4 is 5.32 Å². The molecular formula is C18H18N4O3. The van der Waals surface area contributed by atoms with E-state index in [1.54, 1.807) is 51.6 Å². The lowest BCUT2D eigenvalue weighted by Crippen LogP contribution is -2.27. The molecule has 128 valence electrons. The number of nitrogens with zero attached hydrogens (tertiary/aromatic N) is 3. The maximum atomic E-state index is 12.4. The van der Waals surface area contributed by atoms with Crippen LogP contribution >= 0.6 is 0 Å². The van der Waals surface area contributed by atoms with Crippen molar-refractivity contribution in [3.05, 3.63) is 48.6 Å². The van der Waals surface area contributed by atoms with Crippen molar-refractivity contribution in [1.29, 1.82) is 5.26 Å². The lowest BCUT2D eigenvalue weighted by molar-refractivity contribution is -0.115. The normalized spacial score (nSPS) is 11.1. The zero-order chi connectivity index (χ0) is 18.4. The largest absolute Gasteiger partial charge is 0.443 e. The minimum absolute atomic E-state index is 0.453. The van der Waals surface area contributed by atoms with Gasteiger partial charge in [-0.05, 0) is 50.6 Å². The highest BCUT2D eigenvalue weighted by Gasteiger charge is 2.20. The zero-order valence-electron chi connectivity index (χ0n) is 14.2. The fraction of sp³-hybridized carbons (Fsp3) is 0.222. The number of amides is 1. The van der Waals surface area contributed by atoms with Crippen molar-refractivity contribution in [2.75, 3.05) is 0 Å². The molecule has 0 bridgehead atoms. The molecule has 0 radical (unpaired) electrons. The zero-order valence-corrected chi connectivity index (χ0v) is 14.2. The standard InChI is InChI=1S/C18H18N4O3/c1-18(2,3)25-17(24)22-11-14(13-6-8-20-9-7-13)10-15(22)4-5-16(23)21-12-19/h4-11H,1-3H3,(H,21,23). The van der Waals surface area contributed by atoms with Gasteiger partial charge in [0.25, 0.3) is 5.91 Å². The van der Waals surface area contributed by atoms with Crippen molar-refractivity contribution in [2.24, 2.45) is 0 Å². The summed E-state index contributed by atoms with van der Waals surface area (Å²) in [4.78, 5) is 27.9. The van der Waals surface area contributed by atoms with Gasteiger partial charge in [0.05, 0.1) is 5.69 Å². The fourth-order valence-electron chi connectivity index (χ4n) is 2.04. The lowest BCUT2D eigenvalue weighted by atomic mass is 10.1. The Morgan fingerprint density at radius 3 is 2.56 bits per heavy atom. The summed E-state index contributed by atoms with van der Waals surface area (Å²) in [6, 6.07) is 5.37. The van der Waals surface area contributed by atoms with E-state index in [9.17, 15) is 9.59 Å². The van der Waals surface area contributed by atoms with Gasteiger partial charge in [0.2, 0.25) is 0 Å². The smallest absolute Gasteiger partial charge is 0.418 e. The molecule has 7 nitrogen and oxygen atoms in total. The molecule has 0 unspecified atom stereocenters. The lowest BCUT2D eigenvalue weighted by Gasteiger charge is -2.20. The maximum Gasteiger partial charge on any atom is 0.418 e. The monoisotopic (exact) mass is 338 g/mol. The first-order valence-corrected chi connectivity index (χ1v) is 7.53. The van der Waals surface area contributed by atoms with E-state index in [4.69, 9.17) is 10.00 Å². The third kappa shape index (κ3) is 5.04. The summed E-state index contributed by atoms with van der Waals surface area (Å²) >= 11 is 0. The Labute approximate surface area is 145 Å². The van der Waals surface area contributed by atoms with Gasteiger partial charge in [-0.25, -0.2) is 4.79 Å². The number of hydrogen-bond acceptors (Lipinski definition) is 5. The SMILES string of the molecule is CC(C)(C)OC(=O)n1cc(-c2ccncc2)cc1C=CC(=O)NC#N. The van der Waals surface area contributed by atoms with Gasteiger partial charge < -0.3 is 4.74 Å². The average Bonchev–Trinajstić information content (AvgIpc) is 2.97. The van der Waals surface area contributed by atoms with Crippen LogP contribution in [-0.4, -0.2) is 27.2 Å². The Balaban J connectivity index is 2.41. The summed E-state index contributed by atoms with van der Waals surface area (Å²) in [5, 5.41) is 10.4. The van der Waals surface area contributed by atoms with E-state index in [1.807, 2.05) is 17.4 Å². The van der Waals surface area contributed by atoms with E-state index in [0.29, 0.717) is 5.69 Å². The minimum atomic E-state index is -0.655. The van der Waals surface area contributed by atoms with Gasteiger partial charge in [-0.2, -0.15) is 5.26 Å². The number of hydrogen-bond donors (Lipinski definition) is 1. The van der Waals surface area contributed by atoms with Crippen molar-refractivity contribution in [1.82, 2.24) is 14.9 Å². The van der Waals surface area contributed by atoms with Crippen molar-refractivity contribution < 1.29 is 14.3 Å². The number of carbonyl (C=O) groups is 2. The Bertz CT molecular complexity index is 839. The number of rotatable bonds is 3. The summed E-state index contributed by atoms with van der Waals surface area (Å²) < 4.78 is 6.71. The second-order valence-corrected chi connectivity index (χ2v) is 6.17. The fourth-order valence-corrected chi connectivity index (χ4v) is 2.04. The summed E-state index contributed by atoms with van der Waals surface area (Å²) in [7, 11) is 0. The number of aromatic nitrogens is 2.